The first-order valence-electron chi connectivity index (χ1n) is 5.35. The van der Waals surface area contributed by atoms with E-state index < -0.39 is 12.1 Å². The van der Waals surface area contributed by atoms with Crippen LogP contribution >= 0.6 is 0 Å². The zero-order valence-corrected chi connectivity index (χ0v) is 10.1. The number of ether oxygens (including phenoxy) is 3. The van der Waals surface area contributed by atoms with Gasteiger partial charge in [0.25, 0.3) is 0 Å². The molecule has 0 saturated heterocycles. The van der Waals surface area contributed by atoms with Crippen LogP contribution in [0.15, 0.2) is 12.2 Å². The van der Waals surface area contributed by atoms with E-state index in [1.165, 1.54) is 0 Å². The summed E-state index contributed by atoms with van der Waals surface area (Å²) in [6, 6.07) is 0. The third-order valence-corrected chi connectivity index (χ3v) is 1.72. The molecule has 1 unspecified atom stereocenters. The van der Waals surface area contributed by atoms with E-state index in [0.29, 0.717) is 25.2 Å². The molecule has 2 N–H and O–H groups in total. The number of hydrogen-bond donors (Lipinski definition) is 2. The van der Waals surface area contributed by atoms with Gasteiger partial charge in [-0.25, -0.2) is 4.79 Å². The molecule has 0 rings (SSSR count). The average Bonchev–Trinajstić information content (AvgIpc) is 2.31. The second kappa shape index (κ2) is 10.2. The third kappa shape index (κ3) is 9.95. The van der Waals surface area contributed by atoms with E-state index in [-0.39, 0.29) is 20.0 Å². The molecule has 0 fully saturated rings. The van der Waals surface area contributed by atoms with Crippen molar-refractivity contribution in [1.82, 2.24) is 0 Å². The van der Waals surface area contributed by atoms with Crippen molar-refractivity contribution >= 4 is 5.97 Å². The van der Waals surface area contributed by atoms with Gasteiger partial charge >= 0.3 is 5.97 Å². The predicted molar refractivity (Wildman–Crippen MR) is 60.3 cm³/mol. The van der Waals surface area contributed by atoms with Crippen molar-refractivity contribution in [3.63, 3.8) is 0 Å². The summed E-state index contributed by atoms with van der Waals surface area (Å²) < 4.78 is 14.7. The van der Waals surface area contributed by atoms with Crippen LogP contribution in [0.3, 0.4) is 0 Å². The maximum absolute atomic E-state index is 10.9. The highest BCUT2D eigenvalue weighted by molar-refractivity contribution is 5.86. The predicted octanol–water partition coefficient (Wildman–Crippen LogP) is -0.160. The number of esters is 1. The summed E-state index contributed by atoms with van der Waals surface area (Å²) in [5, 5.41) is 17.4. The summed E-state index contributed by atoms with van der Waals surface area (Å²) >= 11 is 0. The first-order valence-corrected chi connectivity index (χ1v) is 5.35. The molecule has 100 valence electrons. The first-order chi connectivity index (χ1) is 8.07. The van der Waals surface area contributed by atoms with Gasteiger partial charge < -0.3 is 24.4 Å². The Bertz CT molecular complexity index is 228. The fourth-order valence-electron chi connectivity index (χ4n) is 0.812. The van der Waals surface area contributed by atoms with E-state index in [0.717, 1.165) is 0 Å². The highest BCUT2D eigenvalue weighted by Crippen LogP contribution is 1.93. The smallest absolute Gasteiger partial charge is 0.335 e. The molecule has 0 aromatic heterocycles. The minimum atomic E-state index is -0.840. The highest BCUT2D eigenvalue weighted by atomic mass is 16.7. The van der Waals surface area contributed by atoms with Crippen LogP contribution in [0.5, 0.6) is 0 Å². The summed E-state index contributed by atoms with van der Waals surface area (Å²) in [5.41, 5.74) is 0.329. The molecule has 0 saturated carbocycles. The van der Waals surface area contributed by atoms with E-state index in [1.54, 1.807) is 6.92 Å². The molecule has 0 aliphatic carbocycles. The number of carbonyl (C=O) groups is 1. The van der Waals surface area contributed by atoms with Gasteiger partial charge in [-0.15, -0.1) is 0 Å². The highest BCUT2D eigenvalue weighted by Gasteiger charge is 2.02. The van der Waals surface area contributed by atoms with Gasteiger partial charge in [-0.2, -0.15) is 0 Å². The Balaban J connectivity index is 3.19. The van der Waals surface area contributed by atoms with Crippen molar-refractivity contribution in [2.45, 2.75) is 19.4 Å². The monoisotopic (exact) mass is 248 g/mol. The minimum absolute atomic E-state index is 0.0984. The van der Waals surface area contributed by atoms with Crippen LogP contribution < -0.4 is 0 Å². The Morgan fingerprint density at radius 2 is 2.00 bits per heavy atom. The second-order valence-corrected chi connectivity index (χ2v) is 3.50. The largest absolute Gasteiger partial charge is 0.435 e. The van der Waals surface area contributed by atoms with Crippen LogP contribution in [0.2, 0.25) is 0 Å². The summed E-state index contributed by atoms with van der Waals surface area (Å²) in [7, 11) is 0. The molecule has 0 heterocycles. The molecule has 0 aliphatic heterocycles. The van der Waals surface area contributed by atoms with Crippen molar-refractivity contribution < 1.29 is 29.2 Å². The quantitative estimate of drug-likeness (QED) is 0.242. The number of carbonyl (C=O) groups excluding carboxylic acids is 1. The molecule has 0 spiro atoms. The zero-order chi connectivity index (χ0) is 13.1. The molecular formula is C11H20O6. The minimum Gasteiger partial charge on any atom is -0.435 e. The standard InChI is InChI=1S/C11H20O6/c1-9(2)11(14)17-8-16-5-3-4-15-7-10(13)6-12/h10,12-13H,1,3-8H2,2H3. The molecule has 0 aromatic carbocycles. The Morgan fingerprint density at radius 1 is 1.35 bits per heavy atom. The van der Waals surface area contributed by atoms with E-state index in [4.69, 9.17) is 24.4 Å². The number of rotatable bonds is 10. The van der Waals surface area contributed by atoms with Crippen LogP contribution in [0.25, 0.3) is 0 Å². The molecule has 0 aromatic rings. The summed E-state index contributed by atoms with van der Waals surface area (Å²) in [6.07, 6.45) is -0.226. The lowest BCUT2D eigenvalue weighted by molar-refractivity contribution is -0.151. The molecule has 0 bridgehead atoms. The lowest BCUT2D eigenvalue weighted by Crippen LogP contribution is -2.20. The van der Waals surface area contributed by atoms with Gasteiger partial charge in [0.1, 0.15) is 6.10 Å². The fourth-order valence-corrected chi connectivity index (χ4v) is 0.812. The summed E-state index contributed by atoms with van der Waals surface area (Å²) in [5.74, 6) is -0.479. The molecular weight excluding hydrogens is 228 g/mol. The van der Waals surface area contributed by atoms with E-state index in [9.17, 15) is 4.79 Å². The SMILES string of the molecule is C=C(C)C(=O)OCOCCCOCC(O)CO. The molecule has 1 atom stereocenters. The zero-order valence-electron chi connectivity index (χ0n) is 10.1. The maximum Gasteiger partial charge on any atom is 0.335 e. The fraction of sp³-hybridized carbons (Fsp3) is 0.727. The lowest BCUT2D eigenvalue weighted by Gasteiger charge is -2.08. The van der Waals surface area contributed by atoms with Gasteiger partial charge in [-0.3, -0.25) is 0 Å². The number of aliphatic hydroxyl groups is 2. The van der Waals surface area contributed by atoms with Crippen LogP contribution in [0.4, 0.5) is 0 Å². The Kier molecular flexibility index (Phi) is 9.65. The van der Waals surface area contributed by atoms with Crippen LogP contribution in [-0.4, -0.2) is 55.5 Å². The topological polar surface area (TPSA) is 85.2 Å². The van der Waals surface area contributed by atoms with Gasteiger partial charge in [0.2, 0.25) is 0 Å². The normalized spacial score (nSPS) is 12.2. The average molecular weight is 248 g/mol. The Hall–Kier alpha value is -0.950. The molecule has 17 heavy (non-hydrogen) atoms. The van der Waals surface area contributed by atoms with Crippen LogP contribution in [-0.2, 0) is 19.0 Å². The van der Waals surface area contributed by atoms with Crippen molar-refractivity contribution in [3.8, 4) is 0 Å². The lowest BCUT2D eigenvalue weighted by atomic mass is 10.4. The van der Waals surface area contributed by atoms with Crippen molar-refractivity contribution in [2.75, 3.05) is 33.2 Å². The van der Waals surface area contributed by atoms with Crippen LogP contribution in [0.1, 0.15) is 13.3 Å². The Morgan fingerprint density at radius 3 is 2.59 bits per heavy atom. The van der Waals surface area contributed by atoms with Crippen molar-refractivity contribution in [1.29, 1.82) is 0 Å². The van der Waals surface area contributed by atoms with Gasteiger partial charge in [-0.05, 0) is 13.3 Å². The molecule has 0 amide bonds. The van der Waals surface area contributed by atoms with Gasteiger partial charge in [0, 0.05) is 12.2 Å². The van der Waals surface area contributed by atoms with Gasteiger partial charge in [0.15, 0.2) is 6.79 Å². The van der Waals surface area contributed by atoms with Gasteiger partial charge in [-0.1, -0.05) is 6.58 Å². The van der Waals surface area contributed by atoms with E-state index >= 15 is 0 Å². The molecule has 6 nitrogen and oxygen atoms in total. The van der Waals surface area contributed by atoms with Crippen molar-refractivity contribution in [3.05, 3.63) is 12.2 Å². The van der Waals surface area contributed by atoms with E-state index in [2.05, 4.69) is 6.58 Å². The molecule has 0 radical (unpaired) electrons. The molecule has 0 aliphatic rings. The summed E-state index contributed by atoms with van der Waals surface area (Å²) in [6.45, 7) is 5.46. The summed E-state index contributed by atoms with van der Waals surface area (Å²) in [4.78, 5) is 10.9. The maximum atomic E-state index is 10.9. The third-order valence-electron chi connectivity index (χ3n) is 1.72. The second-order valence-electron chi connectivity index (χ2n) is 3.50. The first kappa shape index (κ1) is 16.1. The number of hydrogen-bond acceptors (Lipinski definition) is 6. The van der Waals surface area contributed by atoms with Gasteiger partial charge in [0.05, 0.1) is 19.8 Å². The Labute approximate surface area is 101 Å². The van der Waals surface area contributed by atoms with Crippen LogP contribution in [0, 0.1) is 0 Å². The van der Waals surface area contributed by atoms with E-state index in [1.807, 2.05) is 0 Å². The number of aliphatic hydroxyl groups excluding tert-OH is 2. The molecule has 6 heteroatoms. The van der Waals surface area contributed by atoms with Crippen molar-refractivity contribution in [2.24, 2.45) is 0 Å².